The summed E-state index contributed by atoms with van der Waals surface area (Å²) in [6.07, 6.45) is 3.68. The molecule has 5 nitrogen and oxygen atoms in total. The summed E-state index contributed by atoms with van der Waals surface area (Å²) >= 11 is 2.07. The Bertz CT molecular complexity index is 381. The Labute approximate surface area is 175 Å². The number of ether oxygens (including phenoxy) is 1. The van der Waals surface area contributed by atoms with Gasteiger partial charge in [0.15, 0.2) is 5.96 Å². The zero-order chi connectivity index (χ0) is 17.3. The lowest BCUT2D eigenvalue weighted by Crippen LogP contribution is -2.56. The van der Waals surface area contributed by atoms with Crippen molar-refractivity contribution in [1.29, 1.82) is 0 Å². The number of thioether (sulfide) groups is 1. The largest absolute Gasteiger partial charge is 0.379 e. The molecule has 0 radical (unpaired) electrons. The van der Waals surface area contributed by atoms with Crippen LogP contribution in [0.3, 0.4) is 0 Å². The highest BCUT2D eigenvalue weighted by atomic mass is 127. The topological polar surface area (TPSA) is 48.9 Å². The maximum absolute atomic E-state index is 5.55. The number of halogens is 1. The first-order valence-electron chi connectivity index (χ1n) is 9.66. The normalized spacial score (nSPS) is 25.0. The monoisotopic (exact) mass is 484 g/mol. The van der Waals surface area contributed by atoms with Gasteiger partial charge in [0.1, 0.15) is 0 Å². The molecule has 0 aliphatic carbocycles. The summed E-state index contributed by atoms with van der Waals surface area (Å²) in [5.74, 6) is 4.16. The molecule has 148 valence electrons. The van der Waals surface area contributed by atoms with Crippen molar-refractivity contribution in [2.75, 3.05) is 57.4 Å². The highest BCUT2D eigenvalue weighted by Gasteiger charge is 2.40. The third kappa shape index (κ3) is 7.07. The second kappa shape index (κ2) is 12.6. The van der Waals surface area contributed by atoms with Crippen molar-refractivity contribution in [3.05, 3.63) is 0 Å². The van der Waals surface area contributed by atoms with Crippen LogP contribution in [0.1, 0.15) is 40.0 Å². The van der Waals surface area contributed by atoms with Gasteiger partial charge in [0.2, 0.25) is 0 Å². The van der Waals surface area contributed by atoms with Gasteiger partial charge in [-0.25, -0.2) is 0 Å². The minimum Gasteiger partial charge on any atom is -0.379 e. The van der Waals surface area contributed by atoms with Gasteiger partial charge in [0, 0.05) is 31.9 Å². The molecule has 2 rings (SSSR count). The zero-order valence-electron chi connectivity index (χ0n) is 16.2. The molecule has 2 aliphatic rings. The number of hydrogen-bond donors (Lipinski definition) is 2. The highest BCUT2D eigenvalue weighted by Crippen LogP contribution is 2.34. The lowest BCUT2D eigenvalue weighted by atomic mass is 9.96. The van der Waals surface area contributed by atoms with Gasteiger partial charge in [-0.1, -0.05) is 26.7 Å². The summed E-state index contributed by atoms with van der Waals surface area (Å²) in [7, 11) is 0. The summed E-state index contributed by atoms with van der Waals surface area (Å²) < 4.78 is 5.55. The molecule has 2 saturated heterocycles. The van der Waals surface area contributed by atoms with Gasteiger partial charge in [-0.2, -0.15) is 11.8 Å². The van der Waals surface area contributed by atoms with Crippen molar-refractivity contribution in [1.82, 2.24) is 15.5 Å². The summed E-state index contributed by atoms with van der Waals surface area (Å²) in [5, 5.41) is 6.97. The molecule has 0 amide bonds. The number of rotatable bonds is 8. The van der Waals surface area contributed by atoms with Crippen LogP contribution in [0.25, 0.3) is 0 Å². The summed E-state index contributed by atoms with van der Waals surface area (Å²) in [6, 6.07) is 0. The van der Waals surface area contributed by atoms with Crippen LogP contribution in [0.15, 0.2) is 4.99 Å². The molecule has 2 fully saturated rings. The van der Waals surface area contributed by atoms with Crippen LogP contribution in [-0.2, 0) is 4.74 Å². The quantitative estimate of drug-likeness (QED) is 0.315. The van der Waals surface area contributed by atoms with E-state index in [9.17, 15) is 0 Å². The minimum atomic E-state index is 0. The molecule has 0 spiro atoms. The van der Waals surface area contributed by atoms with E-state index in [1.54, 1.807) is 0 Å². The third-order valence-corrected chi connectivity index (χ3v) is 6.59. The number of aliphatic imine (C=N–C) groups is 1. The first kappa shape index (κ1) is 23.3. The van der Waals surface area contributed by atoms with E-state index >= 15 is 0 Å². The van der Waals surface area contributed by atoms with Gasteiger partial charge in [0.25, 0.3) is 0 Å². The zero-order valence-corrected chi connectivity index (χ0v) is 19.3. The summed E-state index contributed by atoms with van der Waals surface area (Å²) in [5.41, 5.74) is 0.228. The predicted octanol–water partition coefficient (Wildman–Crippen LogP) is 2.80. The highest BCUT2D eigenvalue weighted by molar-refractivity contribution is 14.0. The minimum absolute atomic E-state index is 0. The molecule has 1 unspecified atom stereocenters. The van der Waals surface area contributed by atoms with Crippen LogP contribution in [0, 0.1) is 5.92 Å². The number of guanidine groups is 1. The Morgan fingerprint density at radius 2 is 1.92 bits per heavy atom. The lowest BCUT2D eigenvalue weighted by Gasteiger charge is -2.42. The van der Waals surface area contributed by atoms with Crippen LogP contribution >= 0.6 is 35.7 Å². The third-order valence-electron chi connectivity index (χ3n) is 5.35. The smallest absolute Gasteiger partial charge is 0.191 e. The summed E-state index contributed by atoms with van der Waals surface area (Å²) in [4.78, 5) is 7.61. The van der Waals surface area contributed by atoms with E-state index in [0.717, 1.165) is 57.8 Å². The lowest BCUT2D eigenvalue weighted by molar-refractivity contribution is -0.0104. The molecule has 0 aromatic heterocycles. The van der Waals surface area contributed by atoms with Crippen LogP contribution in [-0.4, -0.2) is 73.8 Å². The molecular formula is C18H37IN4OS. The molecule has 1 atom stereocenters. The van der Waals surface area contributed by atoms with Gasteiger partial charge >= 0.3 is 0 Å². The number of nitrogens with zero attached hydrogens (tertiary/aromatic N) is 2. The fraction of sp³-hybridized carbons (Fsp3) is 0.944. The van der Waals surface area contributed by atoms with Crippen molar-refractivity contribution in [2.24, 2.45) is 10.9 Å². The maximum Gasteiger partial charge on any atom is 0.191 e. The SMILES string of the molecule is CCNC(=NCC1(N2CCOCC2)CCSC1)NCC(CC)CC.I. The average molecular weight is 484 g/mol. The van der Waals surface area contributed by atoms with E-state index in [-0.39, 0.29) is 29.5 Å². The molecule has 7 heteroatoms. The maximum atomic E-state index is 5.55. The molecule has 0 aromatic carbocycles. The Balaban J connectivity index is 0.00000312. The Morgan fingerprint density at radius 3 is 2.48 bits per heavy atom. The van der Waals surface area contributed by atoms with E-state index in [0.29, 0.717) is 0 Å². The van der Waals surface area contributed by atoms with Gasteiger partial charge in [-0.15, -0.1) is 24.0 Å². The number of morpholine rings is 1. The fourth-order valence-corrected chi connectivity index (χ4v) is 4.96. The van der Waals surface area contributed by atoms with Gasteiger partial charge in [0.05, 0.1) is 25.3 Å². The Hall–Kier alpha value is 0.270. The van der Waals surface area contributed by atoms with Crippen molar-refractivity contribution in [2.45, 2.75) is 45.6 Å². The number of hydrogen-bond acceptors (Lipinski definition) is 4. The van der Waals surface area contributed by atoms with Gasteiger partial charge in [-0.3, -0.25) is 9.89 Å². The molecule has 0 aromatic rings. The van der Waals surface area contributed by atoms with Crippen molar-refractivity contribution in [3.63, 3.8) is 0 Å². The van der Waals surface area contributed by atoms with E-state index in [2.05, 4.69) is 48.1 Å². The molecule has 2 aliphatic heterocycles. The average Bonchev–Trinajstić information content (AvgIpc) is 3.11. The van der Waals surface area contributed by atoms with Crippen LogP contribution in [0.4, 0.5) is 0 Å². The Kier molecular flexibility index (Phi) is 11.8. The van der Waals surface area contributed by atoms with E-state index in [1.165, 1.54) is 30.8 Å². The van der Waals surface area contributed by atoms with E-state index in [4.69, 9.17) is 9.73 Å². The standard InChI is InChI=1S/C18H36N4OS.HI/c1-4-16(5-2)13-20-17(19-6-3)21-14-18(7-12-24-15-18)22-8-10-23-11-9-22;/h16H,4-15H2,1-3H3,(H2,19,20,21);1H. The second-order valence-electron chi connectivity index (χ2n) is 6.88. The van der Waals surface area contributed by atoms with Gasteiger partial charge in [-0.05, 0) is 25.0 Å². The molecular weight excluding hydrogens is 447 g/mol. The van der Waals surface area contributed by atoms with E-state index in [1.807, 2.05) is 0 Å². The fourth-order valence-electron chi connectivity index (χ4n) is 3.49. The van der Waals surface area contributed by atoms with Gasteiger partial charge < -0.3 is 15.4 Å². The molecule has 2 N–H and O–H groups in total. The first-order chi connectivity index (χ1) is 11.7. The molecule has 0 bridgehead atoms. The van der Waals surface area contributed by atoms with E-state index < -0.39 is 0 Å². The molecule has 25 heavy (non-hydrogen) atoms. The summed E-state index contributed by atoms with van der Waals surface area (Å²) in [6.45, 7) is 13.3. The van der Waals surface area contributed by atoms with Crippen LogP contribution < -0.4 is 10.6 Å². The molecule has 0 saturated carbocycles. The van der Waals surface area contributed by atoms with Crippen molar-refractivity contribution in [3.8, 4) is 0 Å². The Morgan fingerprint density at radius 1 is 1.20 bits per heavy atom. The predicted molar refractivity (Wildman–Crippen MR) is 121 cm³/mol. The number of nitrogens with one attached hydrogen (secondary N) is 2. The van der Waals surface area contributed by atoms with Crippen LogP contribution in [0.2, 0.25) is 0 Å². The van der Waals surface area contributed by atoms with Crippen LogP contribution in [0.5, 0.6) is 0 Å². The second-order valence-corrected chi connectivity index (χ2v) is 7.99. The van der Waals surface area contributed by atoms with Crippen molar-refractivity contribution >= 4 is 41.7 Å². The van der Waals surface area contributed by atoms with Crippen molar-refractivity contribution < 1.29 is 4.74 Å². The first-order valence-corrected chi connectivity index (χ1v) is 10.8. The molecule has 2 heterocycles.